The predicted octanol–water partition coefficient (Wildman–Crippen LogP) is 5.33. The maximum Gasteiger partial charge on any atom is 0.308 e. The first-order valence-corrected chi connectivity index (χ1v) is 12.6. The Morgan fingerprint density at radius 3 is 1.88 bits per heavy atom. The average molecular weight is 584 g/mol. The van der Waals surface area contributed by atoms with Gasteiger partial charge in [-0.05, 0) is 41.5 Å². The van der Waals surface area contributed by atoms with Crippen molar-refractivity contribution in [2.75, 3.05) is 49.3 Å². The van der Waals surface area contributed by atoms with E-state index in [1.54, 1.807) is 26.4 Å². The Morgan fingerprint density at radius 1 is 0.714 bits per heavy atom. The van der Waals surface area contributed by atoms with Gasteiger partial charge in [0.15, 0.2) is 34.5 Å². The lowest BCUT2D eigenvalue weighted by Gasteiger charge is -2.15. The lowest BCUT2D eigenvalue weighted by atomic mass is 10.1. The summed E-state index contributed by atoms with van der Waals surface area (Å²) < 4.78 is 43.1. The standard InChI is InChI=1S/C30H33NO11/c1-35-23-10-9-19(7-8-20-14-27(37-3)30(40-6)28(15-20)38-4)13-25(23)42-18-21-16-24(36-2)26(17-22(21)31(33)34)41-12-11-29(32)39-5/h7-10,13-17H,11-12,18H2,1-6H3. The zero-order valence-electron chi connectivity index (χ0n) is 24.3. The Labute approximate surface area is 243 Å². The van der Waals surface area contributed by atoms with Crippen LogP contribution in [0.5, 0.6) is 40.2 Å². The Bertz CT molecular complexity index is 1410. The Kier molecular flexibility index (Phi) is 11.2. The lowest BCUT2D eigenvalue weighted by Crippen LogP contribution is -2.09. The SMILES string of the molecule is COC(=O)CCOc1cc([N+](=O)[O-])c(COc2cc(C=Cc3cc(OC)c(OC)c(OC)c3)ccc2OC)cc1OC. The lowest BCUT2D eigenvalue weighted by molar-refractivity contribution is -0.385. The molecule has 42 heavy (non-hydrogen) atoms. The molecule has 0 amide bonds. The van der Waals surface area contributed by atoms with E-state index < -0.39 is 10.9 Å². The maximum absolute atomic E-state index is 11.9. The summed E-state index contributed by atoms with van der Waals surface area (Å²) >= 11 is 0. The highest BCUT2D eigenvalue weighted by Gasteiger charge is 2.21. The molecule has 0 saturated heterocycles. The fraction of sp³-hybridized carbons (Fsp3) is 0.300. The summed E-state index contributed by atoms with van der Waals surface area (Å²) in [5, 5.41) is 11.9. The minimum absolute atomic E-state index is 0.0253. The largest absolute Gasteiger partial charge is 0.493 e. The zero-order valence-corrected chi connectivity index (χ0v) is 24.3. The van der Waals surface area contributed by atoms with Crippen LogP contribution in [0.15, 0.2) is 42.5 Å². The number of carbonyl (C=O) groups excluding carboxylic acids is 1. The molecule has 224 valence electrons. The summed E-state index contributed by atoms with van der Waals surface area (Å²) in [6, 6.07) is 11.7. The predicted molar refractivity (Wildman–Crippen MR) is 154 cm³/mol. The number of nitro groups is 1. The highest BCUT2D eigenvalue weighted by atomic mass is 16.6. The summed E-state index contributed by atoms with van der Waals surface area (Å²) in [5.41, 5.74) is 1.60. The molecule has 0 heterocycles. The Balaban J connectivity index is 1.86. The molecule has 3 aromatic rings. The van der Waals surface area contributed by atoms with Crippen molar-refractivity contribution in [1.82, 2.24) is 0 Å². The molecule has 0 aliphatic carbocycles. The molecular weight excluding hydrogens is 550 g/mol. The molecule has 0 saturated carbocycles. The summed E-state index contributed by atoms with van der Waals surface area (Å²) in [6.07, 6.45) is 3.70. The molecule has 0 N–H and O–H groups in total. The Hall–Kier alpha value is -5.13. The number of benzene rings is 3. The highest BCUT2D eigenvalue weighted by molar-refractivity contribution is 5.74. The van der Waals surface area contributed by atoms with Crippen molar-refractivity contribution in [3.8, 4) is 40.2 Å². The third kappa shape index (κ3) is 7.74. The van der Waals surface area contributed by atoms with Crippen molar-refractivity contribution in [2.45, 2.75) is 13.0 Å². The Morgan fingerprint density at radius 2 is 1.31 bits per heavy atom. The van der Waals surface area contributed by atoms with Crippen LogP contribution < -0.4 is 33.2 Å². The van der Waals surface area contributed by atoms with E-state index in [1.165, 1.54) is 40.6 Å². The van der Waals surface area contributed by atoms with Gasteiger partial charge in [-0.3, -0.25) is 14.9 Å². The smallest absolute Gasteiger partial charge is 0.308 e. The number of hydrogen-bond acceptors (Lipinski definition) is 11. The number of nitro benzene ring substituents is 1. The third-order valence-electron chi connectivity index (χ3n) is 6.08. The van der Waals surface area contributed by atoms with Crippen LogP contribution in [-0.2, 0) is 16.1 Å². The van der Waals surface area contributed by atoms with E-state index >= 15 is 0 Å². The van der Waals surface area contributed by atoms with Gasteiger partial charge < -0.3 is 37.9 Å². The van der Waals surface area contributed by atoms with E-state index in [9.17, 15) is 14.9 Å². The first-order valence-electron chi connectivity index (χ1n) is 12.6. The fourth-order valence-electron chi connectivity index (χ4n) is 3.95. The van der Waals surface area contributed by atoms with Gasteiger partial charge in [0.25, 0.3) is 5.69 Å². The number of carbonyl (C=O) groups is 1. The van der Waals surface area contributed by atoms with E-state index in [-0.39, 0.29) is 42.4 Å². The number of methoxy groups -OCH3 is 6. The molecule has 3 rings (SSSR count). The van der Waals surface area contributed by atoms with Gasteiger partial charge in [0.05, 0.1) is 72.2 Å². The maximum atomic E-state index is 11.9. The van der Waals surface area contributed by atoms with Gasteiger partial charge in [-0.25, -0.2) is 0 Å². The van der Waals surface area contributed by atoms with Crippen molar-refractivity contribution in [3.05, 3.63) is 69.3 Å². The van der Waals surface area contributed by atoms with Crippen LogP contribution in [0, 0.1) is 10.1 Å². The van der Waals surface area contributed by atoms with Crippen LogP contribution in [0.1, 0.15) is 23.1 Å². The second-order valence-electron chi connectivity index (χ2n) is 8.55. The van der Waals surface area contributed by atoms with Crippen molar-refractivity contribution >= 4 is 23.8 Å². The van der Waals surface area contributed by atoms with Crippen LogP contribution >= 0.6 is 0 Å². The minimum atomic E-state index is -0.543. The van der Waals surface area contributed by atoms with Crippen LogP contribution in [0.2, 0.25) is 0 Å². The quantitative estimate of drug-likeness (QED) is 0.0994. The molecule has 0 radical (unpaired) electrons. The minimum Gasteiger partial charge on any atom is -0.493 e. The van der Waals surface area contributed by atoms with Crippen molar-refractivity contribution in [3.63, 3.8) is 0 Å². The van der Waals surface area contributed by atoms with Gasteiger partial charge in [-0.1, -0.05) is 18.2 Å². The van der Waals surface area contributed by atoms with Gasteiger partial charge in [-0.2, -0.15) is 0 Å². The highest BCUT2D eigenvalue weighted by Crippen LogP contribution is 2.39. The molecule has 0 aliphatic heterocycles. The second-order valence-corrected chi connectivity index (χ2v) is 8.55. The molecule has 0 unspecified atom stereocenters. The van der Waals surface area contributed by atoms with E-state index in [4.69, 9.17) is 33.2 Å². The van der Waals surface area contributed by atoms with Crippen molar-refractivity contribution < 1.29 is 47.6 Å². The number of esters is 1. The number of hydrogen-bond donors (Lipinski definition) is 0. The molecule has 3 aromatic carbocycles. The second kappa shape index (κ2) is 15.0. The van der Waals surface area contributed by atoms with E-state index in [1.807, 2.05) is 30.4 Å². The summed E-state index contributed by atoms with van der Waals surface area (Å²) in [6.45, 7) is -0.199. The van der Waals surface area contributed by atoms with Gasteiger partial charge in [0.1, 0.15) is 6.61 Å². The monoisotopic (exact) mass is 583 g/mol. The average Bonchev–Trinajstić information content (AvgIpc) is 3.01. The van der Waals surface area contributed by atoms with Crippen LogP contribution in [0.4, 0.5) is 5.69 Å². The molecular formula is C30H33NO11. The van der Waals surface area contributed by atoms with Crippen LogP contribution in [0.25, 0.3) is 12.2 Å². The van der Waals surface area contributed by atoms with Gasteiger partial charge in [0.2, 0.25) is 5.75 Å². The molecule has 0 aromatic heterocycles. The number of nitrogens with zero attached hydrogens (tertiary/aromatic N) is 1. The normalized spacial score (nSPS) is 10.6. The summed E-state index contributed by atoms with van der Waals surface area (Å²) in [4.78, 5) is 22.7. The third-order valence-corrected chi connectivity index (χ3v) is 6.08. The van der Waals surface area contributed by atoms with E-state index in [2.05, 4.69) is 4.74 Å². The molecule has 0 spiro atoms. The fourth-order valence-corrected chi connectivity index (χ4v) is 3.95. The first kappa shape index (κ1) is 31.4. The van der Waals surface area contributed by atoms with Crippen LogP contribution in [0.3, 0.4) is 0 Å². The number of rotatable bonds is 15. The van der Waals surface area contributed by atoms with E-state index in [0.717, 1.165) is 11.1 Å². The molecule has 12 heteroatoms. The van der Waals surface area contributed by atoms with Gasteiger partial charge in [-0.15, -0.1) is 0 Å². The molecule has 0 aliphatic rings. The molecule has 0 fully saturated rings. The van der Waals surface area contributed by atoms with Crippen molar-refractivity contribution in [2.24, 2.45) is 0 Å². The summed E-state index contributed by atoms with van der Waals surface area (Å²) in [7, 11) is 8.80. The number of ether oxygens (including phenoxy) is 8. The van der Waals surface area contributed by atoms with E-state index in [0.29, 0.717) is 28.7 Å². The topological polar surface area (TPSA) is 134 Å². The van der Waals surface area contributed by atoms with Crippen molar-refractivity contribution in [1.29, 1.82) is 0 Å². The summed E-state index contributed by atoms with van der Waals surface area (Å²) in [5.74, 6) is 2.24. The first-order chi connectivity index (χ1) is 20.3. The van der Waals surface area contributed by atoms with Gasteiger partial charge in [0, 0.05) is 0 Å². The molecule has 0 bridgehead atoms. The van der Waals surface area contributed by atoms with Crippen LogP contribution in [-0.4, -0.2) is 60.2 Å². The van der Waals surface area contributed by atoms with Gasteiger partial charge >= 0.3 is 5.97 Å². The molecule has 12 nitrogen and oxygen atoms in total. The zero-order chi connectivity index (χ0) is 30.6. The molecule has 0 atom stereocenters.